The van der Waals surface area contributed by atoms with E-state index in [-0.39, 0.29) is 11.4 Å². The number of carbonyl (C=O) groups excluding carboxylic acids is 1. The Kier molecular flexibility index (Phi) is 4.65. The number of pyridine rings is 1. The highest BCUT2D eigenvalue weighted by molar-refractivity contribution is 9.10. The molecule has 1 aliphatic rings. The van der Waals surface area contributed by atoms with Crippen molar-refractivity contribution in [3.63, 3.8) is 0 Å². The Morgan fingerprint density at radius 2 is 2.35 bits per heavy atom. The van der Waals surface area contributed by atoms with Crippen molar-refractivity contribution < 1.29 is 9.53 Å². The van der Waals surface area contributed by atoms with Crippen molar-refractivity contribution in [3.05, 3.63) is 22.3 Å². The summed E-state index contributed by atoms with van der Waals surface area (Å²) in [6, 6.07) is 1.82. The van der Waals surface area contributed by atoms with Crippen LogP contribution in [0.5, 0.6) is 0 Å². The van der Waals surface area contributed by atoms with Crippen LogP contribution in [0.2, 0.25) is 0 Å². The van der Waals surface area contributed by atoms with Gasteiger partial charge in [0.1, 0.15) is 5.82 Å². The molecule has 0 unspecified atom stereocenters. The minimum Gasteiger partial charge on any atom is -0.377 e. The van der Waals surface area contributed by atoms with E-state index in [0.29, 0.717) is 31.1 Å². The topological polar surface area (TPSA) is 54.5 Å². The fourth-order valence-electron chi connectivity index (χ4n) is 2.29. The van der Waals surface area contributed by atoms with Gasteiger partial charge < -0.3 is 15.0 Å². The first-order valence-electron chi connectivity index (χ1n) is 6.75. The van der Waals surface area contributed by atoms with Gasteiger partial charge in [0.2, 0.25) is 0 Å². The van der Waals surface area contributed by atoms with Crippen LogP contribution in [0.25, 0.3) is 0 Å². The number of carbonyl (C=O) groups is 1. The molecule has 6 heteroatoms. The minimum absolute atomic E-state index is 0.0111. The lowest BCUT2D eigenvalue weighted by Gasteiger charge is -2.42. The van der Waals surface area contributed by atoms with Crippen molar-refractivity contribution in [3.8, 4) is 0 Å². The fourth-order valence-corrected chi connectivity index (χ4v) is 2.62. The third-order valence-corrected chi connectivity index (χ3v) is 3.75. The van der Waals surface area contributed by atoms with Crippen LogP contribution >= 0.6 is 15.9 Å². The lowest BCUT2D eigenvalue weighted by atomic mass is 10.0. The Hall–Kier alpha value is -1.14. The first kappa shape index (κ1) is 15.3. The Balaban J connectivity index is 2.34. The van der Waals surface area contributed by atoms with Crippen LogP contribution in [0.1, 0.15) is 31.1 Å². The molecule has 1 aromatic heterocycles. The zero-order valence-corrected chi connectivity index (χ0v) is 13.7. The Bertz CT molecular complexity index is 505. The van der Waals surface area contributed by atoms with Crippen LogP contribution in [0.3, 0.4) is 0 Å². The molecule has 2 heterocycles. The molecule has 1 N–H and O–H groups in total. The summed E-state index contributed by atoms with van der Waals surface area (Å²) in [5.74, 6) is 0.617. The second-order valence-corrected chi connectivity index (χ2v) is 6.32. The van der Waals surface area contributed by atoms with Gasteiger partial charge in [-0.1, -0.05) is 0 Å². The van der Waals surface area contributed by atoms with Crippen LogP contribution < -0.4 is 5.32 Å². The van der Waals surface area contributed by atoms with E-state index >= 15 is 0 Å². The summed E-state index contributed by atoms with van der Waals surface area (Å²) in [6.45, 7) is 8.47. The van der Waals surface area contributed by atoms with E-state index in [1.807, 2.05) is 31.7 Å². The maximum Gasteiger partial charge on any atom is 0.258 e. The summed E-state index contributed by atoms with van der Waals surface area (Å²) >= 11 is 3.38. The third-order valence-electron chi connectivity index (χ3n) is 3.32. The second-order valence-electron chi connectivity index (χ2n) is 5.40. The highest BCUT2D eigenvalue weighted by Crippen LogP contribution is 2.25. The molecule has 1 aromatic rings. The number of halogens is 1. The van der Waals surface area contributed by atoms with E-state index in [1.54, 1.807) is 6.20 Å². The molecular formula is C14H20BrN3O2. The molecule has 0 spiro atoms. The van der Waals surface area contributed by atoms with E-state index in [9.17, 15) is 4.79 Å². The zero-order chi connectivity index (χ0) is 14.8. The standard InChI is InChI=1S/C14H20BrN3O2/c1-4-16-12-11(7-10(15)8-17-12)13(19)18-5-6-20-9-14(18,2)3/h7-8H,4-6,9H2,1-3H3,(H,16,17). The smallest absolute Gasteiger partial charge is 0.258 e. The molecule has 1 fully saturated rings. The quantitative estimate of drug-likeness (QED) is 0.917. The zero-order valence-electron chi connectivity index (χ0n) is 12.1. The van der Waals surface area contributed by atoms with Crippen molar-refractivity contribution in [1.82, 2.24) is 9.88 Å². The summed E-state index contributed by atoms with van der Waals surface area (Å²) in [7, 11) is 0. The summed E-state index contributed by atoms with van der Waals surface area (Å²) < 4.78 is 6.27. The van der Waals surface area contributed by atoms with Gasteiger partial charge in [0, 0.05) is 23.8 Å². The monoisotopic (exact) mass is 341 g/mol. The molecule has 2 rings (SSSR count). The maximum atomic E-state index is 12.8. The van der Waals surface area contributed by atoms with E-state index in [1.165, 1.54) is 0 Å². The van der Waals surface area contributed by atoms with E-state index in [0.717, 1.165) is 11.0 Å². The molecule has 1 amide bonds. The van der Waals surface area contributed by atoms with Gasteiger partial charge in [-0.25, -0.2) is 4.98 Å². The van der Waals surface area contributed by atoms with Gasteiger partial charge in [-0.05, 0) is 42.8 Å². The van der Waals surface area contributed by atoms with Crippen molar-refractivity contribution in [2.24, 2.45) is 0 Å². The molecule has 1 aliphatic heterocycles. The number of hydrogen-bond acceptors (Lipinski definition) is 4. The van der Waals surface area contributed by atoms with Gasteiger partial charge in [0.25, 0.3) is 5.91 Å². The number of nitrogens with zero attached hydrogens (tertiary/aromatic N) is 2. The predicted octanol–water partition coefficient (Wildman–Crippen LogP) is 2.53. The van der Waals surface area contributed by atoms with Crippen molar-refractivity contribution in [2.45, 2.75) is 26.3 Å². The van der Waals surface area contributed by atoms with Crippen LogP contribution in [0.4, 0.5) is 5.82 Å². The van der Waals surface area contributed by atoms with Gasteiger partial charge in [-0.3, -0.25) is 4.79 Å². The number of nitrogens with one attached hydrogen (secondary N) is 1. The number of rotatable bonds is 3. The number of aromatic nitrogens is 1. The van der Waals surface area contributed by atoms with Gasteiger partial charge in [0.15, 0.2) is 0 Å². The third kappa shape index (κ3) is 3.12. The largest absolute Gasteiger partial charge is 0.377 e. The molecule has 0 aliphatic carbocycles. The molecule has 5 nitrogen and oxygen atoms in total. The Morgan fingerprint density at radius 3 is 3.00 bits per heavy atom. The normalized spacial score (nSPS) is 17.9. The second kappa shape index (κ2) is 6.10. The SMILES string of the molecule is CCNc1ncc(Br)cc1C(=O)N1CCOCC1(C)C. The fraction of sp³-hybridized carbons (Fsp3) is 0.571. The molecular weight excluding hydrogens is 322 g/mol. The number of ether oxygens (including phenoxy) is 1. The average molecular weight is 342 g/mol. The highest BCUT2D eigenvalue weighted by Gasteiger charge is 2.35. The Labute approximate surface area is 127 Å². The molecule has 20 heavy (non-hydrogen) atoms. The molecule has 0 saturated carbocycles. The van der Waals surface area contributed by atoms with E-state index in [2.05, 4.69) is 26.2 Å². The van der Waals surface area contributed by atoms with Gasteiger partial charge in [-0.2, -0.15) is 0 Å². The first-order valence-corrected chi connectivity index (χ1v) is 7.54. The Morgan fingerprint density at radius 1 is 1.60 bits per heavy atom. The minimum atomic E-state index is -0.304. The van der Waals surface area contributed by atoms with Crippen molar-refractivity contribution in [2.75, 3.05) is 31.6 Å². The van der Waals surface area contributed by atoms with Gasteiger partial charge in [0.05, 0.1) is 24.3 Å². The number of hydrogen-bond donors (Lipinski definition) is 1. The average Bonchev–Trinajstić information content (AvgIpc) is 2.40. The molecule has 0 aromatic carbocycles. The van der Waals surface area contributed by atoms with Crippen LogP contribution in [0, 0.1) is 0 Å². The molecule has 1 saturated heterocycles. The summed E-state index contributed by atoms with van der Waals surface area (Å²) in [4.78, 5) is 19.0. The van der Waals surface area contributed by atoms with Gasteiger partial charge in [-0.15, -0.1) is 0 Å². The van der Waals surface area contributed by atoms with Gasteiger partial charge >= 0.3 is 0 Å². The lowest BCUT2D eigenvalue weighted by molar-refractivity contribution is -0.0370. The highest BCUT2D eigenvalue weighted by atomic mass is 79.9. The predicted molar refractivity (Wildman–Crippen MR) is 82.0 cm³/mol. The lowest BCUT2D eigenvalue weighted by Crippen LogP contribution is -2.55. The van der Waals surface area contributed by atoms with Crippen molar-refractivity contribution >= 4 is 27.7 Å². The maximum absolute atomic E-state index is 12.8. The van der Waals surface area contributed by atoms with Crippen LogP contribution in [-0.2, 0) is 4.74 Å². The molecule has 0 radical (unpaired) electrons. The molecule has 0 bridgehead atoms. The number of amides is 1. The number of anilines is 1. The summed E-state index contributed by atoms with van der Waals surface area (Å²) in [5.41, 5.74) is 0.289. The van der Waals surface area contributed by atoms with Crippen LogP contribution in [-0.4, -0.2) is 47.6 Å². The van der Waals surface area contributed by atoms with E-state index in [4.69, 9.17) is 4.74 Å². The van der Waals surface area contributed by atoms with Crippen molar-refractivity contribution in [1.29, 1.82) is 0 Å². The summed E-state index contributed by atoms with van der Waals surface area (Å²) in [5, 5.41) is 3.14. The molecule has 0 atom stereocenters. The van der Waals surface area contributed by atoms with Crippen LogP contribution in [0.15, 0.2) is 16.7 Å². The number of morpholine rings is 1. The van der Waals surface area contributed by atoms with E-state index < -0.39 is 0 Å². The summed E-state index contributed by atoms with van der Waals surface area (Å²) in [6.07, 6.45) is 1.69. The molecule has 110 valence electrons. The first-order chi connectivity index (χ1) is 9.45.